The van der Waals surface area contributed by atoms with Crippen molar-refractivity contribution in [2.24, 2.45) is 5.92 Å². The van der Waals surface area contributed by atoms with Crippen LogP contribution in [-0.2, 0) is 4.79 Å². The Morgan fingerprint density at radius 1 is 1.21 bits per heavy atom. The fourth-order valence-electron chi connectivity index (χ4n) is 4.85. The third-order valence-corrected chi connectivity index (χ3v) is 6.32. The van der Waals surface area contributed by atoms with Crippen LogP contribution in [-0.4, -0.2) is 42.2 Å². The zero-order valence-corrected chi connectivity index (χ0v) is 16.3. The summed E-state index contributed by atoms with van der Waals surface area (Å²) in [5.74, 6) is 0.401. The standard InChI is InChI=1S/C23H25N3O2/c1-3-22(28)26-11-10-18-21(14-27)25(2)20-9-8-17(12-19(20)23(18)26)16-6-4-15(13-24)5-7-16/h4-9,12,18,21,23,27H,3,10-11,14H2,1-2H3/t18-,21+,23-/m1/s1. The minimum Gasteiger partial charge on any atom is -0.394 e. The molecule has 0 saturated carbocycles. The molecule has 2 aromatic carbocycles. The van der Waals surface area contributed by atoms with Gasteiger partial charge < -0.3 is 14.9 Å². The lowest BCUT2D eigenvalue weighted by Crippen LogP contribution is -2.48. The van der Waals surface area contributed by atoms with Crippen LogP contribution in [0.1, 0.15) is 36.9 Å². The molecular formula is C23H25N3O2. The van der Waals surface area contributed by atoms with E-state index in [0.29, 0.717) is 12.0 Å². The SMILES string of the molecule is CCC(=O)N1CC[C@H]2[C@@H]1c1cc(-c3ccc(C#N)cc3)ccc1N(C)[C@H]2CO. The van der Waals surface area contributed by atoms with Crippen LogP contribution in [0.4, 0.5) is 5.69 Å². The molecule has 2 aliphatic rings. The number of aliphatic hydroxyl groups excluding tert-OH is 1. The second-order valence-electron chi connectivity index (χ2n) is 7.66. The van der Waals surface area contributed by atoms with Crippen molar-refractivity contribution in [3.05, 3.63) is 53.6 Å². The maximum absolute atomic E-state index is 12.6. The summed E-state index contributed by atoms with van der Waals surface area (Å²) in [6.45, 7) is 2.73. The summed E-state index contributed by atoms with van der Waals surface area (Å²) in [6, 6.07) is 16.1. The highest BCUT2D eigenvalue weighted by atomic mass is 16.3. The van der Waals surface area contributed by atoms with Crippen LogP contribution in [0.15, 0.2) is 42.5 Å². The molecule has 1 saturated heterocycles. The van der Waals surface area contributed by atoms with E-state index in [-0.39, 0.29) is 30.5 Å². The number of carbonyl (C=O) groups is 1. The van der Waals surface area contributed by atoms with Gasteiger partial charge in [0, 0.05) is 31.6 Å². The van der Waals surface area contributed by atoms with Crippen LogP contribution < -0.4 is 4.90 Å². The van der Waals surface area contributed by atoms with Crippen molar-refractivity contribution >= 4 is 11.6 Å². The molecule has 0 aliphatic carbocycles. The molecule has 0 bridgehead atoms. The van der Waals surface area contributed by atoms with E-state index in [1.54, 1.807) is 0 Å². The quantitative estimate of drug-likeness (QED) is 0.893. The molecule has 1 fully saturated rings. The lowest BCUT2D eigenvalue weighted by atomic mass is 9.81. The minimum atomic E-state index is 0.00846. The van der Waals surface area contributed by atoms with Crippen molar-refractivity contribution in [3.63, 3.8) is 0 Å². The van der Waals surface area contributed by atoms with Gasteiger partial charge in [-0.3, -0.25) is 4.79 Å². The molecule has 0 spiro atoms. The Morgan fingerprint density at radius 2 is 1.93 bits per heavy atom. The number of benzene rings is 2. The van der Waals surface area contributed by atoms with E-state index in [1.165, 1.54) is 0 Å². The van der Waals surface area contributed by atoms with E-state index < -0.39 is 0 Å². The Kier molecular flexibility index (Phi) is 4.82. The van der Waals surface area contributed by atoms with Gasteiger partial charge in [-0.1, -0.05) is 25.1 Å². The van der Waals surface area contributed by atoms with Gasteiger partial charge in [0.1, 0.15) is 0 Å². The topological polar surface area (TPSA) is 67.6 Å². The van der Waals surface area contributed by atoms with Gasteiger partial charge >= 0.3 is 0 Å². The summed E-state index contributed by atoms with van der Waals surface area (Å²) in [5.41, 5.74) is 5.00. The van der Waals surface area contributed by atoms with E-state index in [0.717, 1.165) is 35.3 Å². The van der Waals surface area contributed by atoms with Crippen LogP contribution in [0.2, 0.25) is 0 Å². The van der Waals surface area contributed by atoms with Crippen molar-refractivity contribution in [1.82, 2.24) is 4.90 Å². The van der Waals surface area contributed by atoms with Crippen molar-refractivity contribution in [3.8, 4) is 17.2 Å². The highest BCUT2D eigenvalue weighted by Crippen LogP contribution is 2.49. The fraction of sp³-hybridized carbons (Fsp3) is 0.391. The largest absolute Gasteiger partial charge is 0.394 e. The average Bonchev–Trinajstić information content (AvgIpc) is 3.18. The summed E-state index contributed by atoms with van der Waals surface area (Å²) in [5, 5.41) is 19.1. The average molecular weight is 375 g/mol. The number of likely N-dealkylation sites (tertiary alicyclic amines) is 1. The number of hydrogen-bond donors (Lipinski definition) is 1. The molecule has 1 N–H and O–H groups in total. The number of amides is 1. The number of rotatable bonds is 3. The first-order valence-corrected chi connectivity index (χ1v) is 9.86. The van der Waals surface area contributed by atoms with Crippen LogP contribution in [0, 0.1) is 17.2 Å². The highest BCUT2D eigenvalue weighted by molar-refractivity contribution is 5.78. The van der Waals surface area contributed by atoms with E-state index >= 15 is 0 Å². The van der Waals surface area contributed by atoms with Crippen molar-refractivity contribution in [1.29, 1.82) is 5.26 Å². The molecule has 2 heterocycles. The van der Waals surface area contributed by atoms with E-state index in [4.69, 9.17) is 5.26 Å². The molecule has 4 rings (SSSR count). The Labute approximate surface area is 165 Å². The van der Waals surface area contributed by atoms with Crippen LogP contribution in [0.5, 0.6) is 0 Å². The maximum atomic E-state index is 12.6. The number of carbonyl (C=O) groups excluding carboxylic acids is 1. The lowest BCUT2D eigenvalue weighted by Gasteiger charge is -2.44. The number of likely N-dealkylation sites (N-methyl/N-ethyl adjacent to an activating group) is 1. The number of aliphatic hydroxyl groups is 1. The first-order valence-electron chi connectivity index (χ1n) is 9.86. The molecule has 5 nitrogen and oxygen atoms in total. The third kappa shape index (κ3) is 2.85. The summed E-state index contributed by atoms with van der Waals surface area (Å²) < 4.78 is 0. The third-order valence-electron chi connectivity index (χ3n) is 6.32. The van der Waals surface area contributed by atoms with Gasteiger partial charge in [0.05, 0.1) is 30.3 Å². The van der Waals surface area contributed by atoms with Gasteiger partial charge in [-0.25, -0.2) is 0 Å². The molecule has 144 valence electrons. The number of nitrogens with zero attached hydrogens (tertiary/aromatic N) is 3. The second-order valence-corrected chi connectivity index (χ2v) is 7.66. The smallest absolute Gasteiger partial charge is 0.222 e. The molecule has 0 unspecified atom stereocenters. The Balaban J connectivity index is 1.81. The second kappa shape index (κ2) is 7.29. The zero-order chi connectivity index (χ0) is 19.8. The van der Waals surface area contributed by atoms with Gasteiger partial charge in [0.15, 0.2) is 0 Å². The van der Waals surface area contributed by atoms with E-state index in [9.17, 15) is 9.90 Å². The van der Waals surface area contributed by atoms with Gasteiger partial charge in [-0.15, -0.1) is 0 Å². The van der Waals surface area contributed by atoms with Crippen LogP contribution >= 0.6 is 0 Å². The normalized spacial score (nSPS) is 23.1. The molecule has 28 heavy (non-hydrogen) atoms. The Hall–Kier alpha value is -2.84. The number of anilines is 1. The molecule has 1 amide bonds. The Morgan fingerprint density at radius 3 is 2.57 bits per heavy atom. The van der Waals surface area contributed by atoms with Gasteiger partial charge in [0.25, 0.3) is 0 Å². The molecular weight excluding hydrogens is 350 g/mol. The monoisotopic (exact) mass is 375 g/mol. The molecule has 3 atom stereocenters. The molecule has 5 heteroatoms. The number of nitriles is 1. The minimum absolute atomic E-state index is 0.00846. The molecule has 2 aromatic rings. The fourth-order valence-corrected chi connectivity index (χ4v) is 4.85. The summed E-state index contributed by atoms with van der Waals surface area (Å²) in [7, 11) is 2.03. The predicted molar refractivity (Wildman–Crippen MR) is 109 cm³/mol. The summed E-state index contributed by atoms with van der Waals surface area (Å²) in [6.07, 6.45) is 1.40. The highest BCUT2D eigenvalue weighted by Gasteiger charge is 2.47. The zero-order valence-electron chi connectivity index (χ0n) is 16.3. The van der Waals surface area contributed by atoms with E-state index in [2.05, 4.69) is 29.2 Å². The number of hydrogen-bond acceptors (Lipinski definition) is 4. The first-order chi connectivity index (χ1) is 13.6. The maximum Gasteiger partial charge on any atom is 0.222 e. The summed E-state index contributed by atoms with van der Waals surface area (Å²) in [4.78, 5) is 16.8. The number of fused-ring (bicyclic) bond motifs is 3. The van der Waals surface area contributed by atoms with Crippen molar-refractivity contribution < 1.29 is 9.90 Å². The van der Waals surface area contributed by atoms with Crippen LogP contribution in [0.3, 0.4) is 0 Å². The lowest BCUT2D eigenvalue weighted by molar-refractivity contribution is -0.132. The van der Waals surface area contributed by atoms with E-state index in [1.807, 2.05) is 43.1 Å². The van der Waals surface area contributed by atoms with Gasteiger partial charge in [0.2, 0.25) is 5.91 Å². The van der Waals surface area contributed by atoms with Gasteiger partial charge in [-0.2, -0.15) is 5.26 Å². The Bertz CT molecular complexity index is 932. The van der Waals surface area contributed by atoms with Crippen molar-refractivity contribution in [2.45, 2.75) is 31.8 Å². The van der Waals surface area contributed by atoms with Crippen molar-refractivity contribution in [2.75, 3.05) is 25.1 Å². The van der Waals surface area contributed by atoms with Crippen LogP contribution in [0.25, 0.3) is 11.1 Å². The first kappa shape index (κ1) is 18.5. The van der Waals surface area contributed by atoms with Gasteiger partial charge in [-0.05, 0) is 47.4 Å². The molecule has 2 aliphatic heterocycles. The molecule has 0 aromatic heterocycles. The predicted octanol–water partition coefficient (Wildman–Crippen LogP) is 3.34. The summed E-state index contributed by atoms with van der Waals surface area (Å²) >= 11 is 0. The molecule has 0 radical (unpaired) electrons.